The zero-order chi connectivity index (χ0) is 9.54. The zero-order valence-corrected chi connectivity index (χ0v) is 9.45. The Bertz CT molecular complexity index is 505. The van der Waals surface area contributed by atoms with Gasteiger partial charge < -0.3 is 0 Å². The number of hydrogen-bond acceptors (Lipinski definition) is 0. The minimum Gasteiger partial charge on any atom is -0.207 e. The lowest BCUT2D eigenvalue weighted by Gasteiger charge is -1.93. The number of rotatable bonds is 0. The lowest BCUT2D eigenvalue weighted by Crippen LogP contribution is -3.61. The molecule has 1 aliphatic rings. The summed E-state index contributed by atoms with van der Waals surface area (Å²) < 4.78 is 15.8. The van der Waals surface area contributed by atoms with E-state index in [1.54, 1.807) is 12.1 Å². The van der Waals surface area contributed by atoms with E-state index < -0.39 is 0 Å². The third-order valence-electron chi connectivity index (χ3n) is 2.30. The SMILES string of the molecule is Fc1ccc2c(c1)-c1ccccc1[I+]2. The van der Waals surface area contributed by atoms with Crippen LogP contribution >= 0.6 is 0 Å². The molecule has 0 atom stereocenters. The van der Waals surface area contributed by atoms with Crippen molar-refractivity contribution in [3.05, 3.63) is 55.4 Å². The minimum atomic E-state index is -0.135. The standard InChI is InChI=1S/C12H7FI/c13-8-5-6-12-10(7-8)9-3-1-2-4-11(9)14-12/h1-7H/q+1. The molecule has 0 saturated heterocycles. The van der Waals surface area contributed by atoms with Crippen molar-refractivity contribution in [1.82, 2.24) is 0 Å². The van der Waals surface area contributed by atoms with E-state index in [4.69, 9.17) is 0 Å². The summed E-state index contributed by atoms with van der Waals surface area (Å²) in [4.78, 5) is 0. The fourth-order valence-electron chi connectivity index (χ4n) is 1.66. The number of fused-ring (bicyclic) bond motifs is 3. The third kappa shape index (κ3) is 1.17. The van der Waals surface area contributed by atoms with E-state index in [0.29, 0.717) is 0 Å². The van der Waals surface area contributed by atoms with Crippen LogP contribution in [0, 0.1) is 13.0 Å². The summed E-state index contributed by atoms with van der Waals surface area (Å²) in [5, 5.41) is 0. The molecule has 0 aliphatic carbocycles. The van der Waals surface area contributed by atoms with E-state index in [1.807, 2.05) is 12.1 Å². The molecule has 14 heavy (non-hydrogen) atoms. The molecule has 0 bridgehead atoms. The lowest BCUT2D eigenvalue weighted by atomic mass is 10.1. The van der Waals surface area contributed by atoms with Crippen molar-refractivity contribution in [1.29, 1.82) is 0 Å². The molecule has 2 aromatic carbocycles. The van der Waals surface area contributed by atoms with Gasteiger partial charge in [-0.15, -0.1) is 0 Å². The van der Waals surface area contributed by atoms with E-state index in [9.17, 15) is 4.39 Å². The molecule has 0 radical (unpaired) electrons. The van der Waals surface area contributed by atoms with Gasteiger partial charge >= 0.3 is 21.2 Å². The second-order valence-corrected chi connectivity index (χ2v) is 6.06. The Balaban J connectivity index is 2.30. The van der Waals surface area contributed by atoms with Crippen LogP contribution in [-0.4, -0.2) is 0 Å². The molecule has 0 amide bonds. The molecular weight excluding hydrogens is 290 g/mol. The van der Waals surface area contributed by atoms with Gasteiger partial charge in [-0.25, -0.2) is 4.39 Å². The summed E-state index contributed by atoms with van der Waals surface area (Å²) in [7, 11) is 0. The van der Waals surface area contributed by atoms with Gasteiger partial charge in [0.2, 0.25) is 7.14 Å². The van der Waals surface area contributed by atoms with Crippen LogP contribution in [-0.2, 0) is 0 Å². The predicted octanol–water partition coefficient (Wildman–Crippen LogP) is -0.0655. The molecule has 2 heteroatoms. The molecule has 0 saturated carbocycles. The van der Waals surface area contributed by atoms with Crippen LogP contribution in [0.1, 0.15) is 0 Å². The maximum absolute atomic E-state index is 13.1. The maximum Gasteiger partial charge on any atom is 0.359 e. The number of benzene rings is 2. The van der Waals surface area contributed by atoms with Crippen LogP contribution in [0.3, 0.4) is 0 Å². The molecule has 1 aliphatic heterocycles. The Morgan fingerprint density at radius 3 is 2.57 bits per heavy atom. The largest absolute Gasteiger partial charge is 0.359 e. The molecule has 68 valence electrons. The molecular formula is C12H7FI+. The summed E-state index contributed by atoms with van der Waals surface area (Å²) in [5.41, 5.74) is 2.34. The van der Waals surface area contributed by atoms with Crippen molar-refractivity contribution >= 4 is 0 Å². The Kier molecular flexibility index (Phi) is 1.83. The fourth-order valence-corrected chi connectivity index (χ4v) is 4.53. The van der Waals surface area contributed by atoms with E-state index in [0.717, 1.165) is 5.56 Å². The summed E-state index contributed by atoms with van der Waals surface area (Å²) in [6.07, 6.45) is 0. The number of hydrogen-bond donors (Lipinski definition) is 0. The maximum atomic E-state index is 13.1. The molecule has 2 aromatic rings. The van der Waals surface area contributed by atoms with Crippen molar-refractivity contribution in [2.24, 2.45) is 0 Å². The van der Waals surface area contributed by atoms with Crippen LogP contribution in [0.25, 0.3) is 11.1 Å². The Hall–Kier alpha value is -0.900. The Morgan fingerprint density at radius 2 is 1.64 bits per heavy atom. The van der Waals surface area contributed by atoms with Gasteiger partial charge in [0.1, 0.15) is 5.82 Å². The highest BCUT2D eigenvalue weighted by atomic mass is 127. The van der Waals surface area contributed by atoms with E-state index >= 15 is 0 Å². The number of halogens is 2. The third-order valence-corrected chi connectivity index (χ3v) is 5.34. The normalized spacial score (nSPS) is 12.4. The van der Waals surface area contributed by atoms with Crippen molar-refractivity contribution in [2.45, 2.75) is 0 Å². The van der Waals surface area contributed by atoms with Crippen molar-refractivity contribution < 1.29 is 25.6 Å². The van der Waals surface area contributed by atoms with Gasteiger partial charge in [-0.3, -0.25) is 0 Å². The first kappa shape index (κ1) is 8.41. The van der Waals surface area contributed by atoms with Crippen LogP contribution in [0.2, 0.25) is 0 Å². The first-order valence-corrected chi connectivity index (χ1v) is 6.54. The van der Waals surface area contributed by atoms with E-state index in [1.165, 1.54) is 12.7 Å². The van der Waals surface area contributed by atoms with Gasteiger partial charge in [0.25, 0.3) is 0 Å². The van der Waals surface area contributed by atoms with Gasteiger partial charge in [0, 0.05) is 11.1 Å². The molecule has 0 nitrogen and oxygen atoms in total. The van der Waals surface area contributed by atoms with Gasteiger partial charge in [-0.2, -0.15) is 0 Å². The Labute approximate surface area is 92.0 Å². The van der Waals surface area contributed by atoms with Gasteiger partial charge in [0.05, 0.1) is 0 Å². The predicted molar refractivity (Wildman–Crippen MR) is 49.2 cm³/mol. The highest BCUT2D eigenvalue weighted by Gasteiger charge is 2.32. The van der Waals surface area contributed by atoms with Crippen LogP contribution in [0.15, 0.2) is 42.5 Å². The average Bonchev–Trinajstić information content (AvgIpc) is 2.56. The highest BCUT2D eigenvalue weighted by Crippen LogP contribution is 2.22. The Morgan fingerprint density at radius 1 is 0.857 bits per heavy atom. The molecule has 0 fully saturated rings. The summed E-state index contributed by atoms with van der Waals surface area (Å²) in [6, 6.07) is 13.5. The second kappa shape index (κ2) is 3.05. The smallest absolute Gasteiger partial charge is 0.207 e. The van der Waals surface area contributed by atoms with Gasteiger partial charge in [-0.05, 0) is 30.3 Å². The molecule has 0 spiro atoms. The van der Waals surface area contributed by atoms with Crippen LogP contribution in [0.5, 0.6) is 0 Å². The van der Waals surface area contributed by atoms with E-state index in [2.05, 4.69) is 18.2 Å². The molecule has 0 N–H and O–H groups in total. The highest BCUT2D eigenvalue weighted by molar-refractivity contribution is 5.64. The first-order chi connectivity index (χ1) is 6.84. The summed E-state index contributed by atoms with van der Waals surface area (Å²) in [5.74, 6) is -0.135. The van der Waals surface area contributed by atoms with Gasteiger partial charge in [0.15, 0.2) is 0 Å². The molecule has 0 unspecified atom stereocenters. The first-order valence-electron chi connectivity index (χ1n) is 4.38. The monoisotopic (exact) mass is 297 g/mol. The van der Waals surface area contributed by atoms with Crippen LogP contribution in [0.4, 0.5) is 4.39 Å². The van der Waals surface area contributed by atoms with Crippen LogP contribution < -0.4 is 21.2 Å². The topological polar surface area (TPSA) is 0 Å². The fraction of sp³-hybridized carbons (Fsp3) is 0. The van der Waals surface area contributed by atoms with Crippen molar-refractivity contribution in [3.8, 4) is 11.1 Å². The minimum absolute atomic E-state index is 0.0767. The zero-order valence-electron chi connectivity index (χ0n) is 7.30. The average molecular weight is 297 g/mol. The summed E-state index contributed by atoms with van der Waals surface area (Å²) in [6.45, 7) is 0. The quantitative estimate of drug-likeness (QED) is 0.510. The van der Waals surface area contributed by atoms with Gasteiger partial charge in [-0.1, -0.05) is 12.1 Å². The molecule has 0 aromatic heterocycles. The summed E-state index contributed by atoms with van der Waals surface area (Å²) >= 11 is -0.0767. The lowest BCUT2D eigenvalue weighted by molar-refractivity contribution is -0.589. The molecule has 1 heterocycles. The van der Waals surface area contributed by atoms with Crippen molar-refractivity contribution in [2.75, 3.05) is 0 Å². The molecule has 3 rings (SSSR count). The van der Waals surface area contributed by atoms with Crippen molar-refractivity contribution in [3.63, 3.8) is 0 Å². The van der Waals surface area contributed by atoms with E-state index in [-0.39, 0.29) is 27.0 Å². The second-order valence-electron chi connectivity index (χ2n) is 3.20.